The molecule has 0 spiro atoms. The van der Waals surface area contributed by atoms with E-state index in [0.717, 1.165) is 50.5 Å². The Balaban J connectivity index is 1.71. The van der Waals surface area contributed by atoms with E-state index < -0.39 is 0 Å². The topological polar surface area (TPSA) is 30.5 Å². The maximum atomic E-state index is 6.32. The van der Waals surface area contributed by atoms with E-state index in [1.165, 1.54) is 4.90 Å². The fourth-order valence-corrected chi connectivity index (χ4v) is 4.25. The van der Waals surface area contributed by atoms with Crippen LogP contribution in [0.25, 0.3) is 0 Å². The first kappa shape index (κ1) is 15.2. The van der Waals surface area contributed by atoms with Gasteiger partial charge in [-0.15, -0.1) is 11.8 Å². The highest BCUT2D eigenvalue weighted by atomic mass is 32.2. The van der Waals surface area contributed by atoms with Crippen LogP contribution >= 0.6 is 11.8 Å². The van der Waals surface area contributed by atoms with Gasteiger partial charge in [-0.05, 0) is 43.9 Å². The molecule has 2 heterocycles. The normalized spacial score (nSPS) is 24.1. The van der Waals surface area contributed by atoms with Crippen LogP contribution in [0.5, 0.6) is 5.75 Å². The summed E-state index contributed by atoms with van der Waals surface area (Å²) in [5.74, 6) is 2.76. The fraction of sp³-hybridized carbons (Fsp3) is 0.647. The van der Waals surface area contributed by atoms with Gasteiger partial charge in [-0.25, -0.2) is 0 Å². The molecular weight excluding hydrogens is 282 g/mol. The molecule has 21 heavy (non-hydrogen) atoms. The standard InChI is InChI=1S/C17H25NO2S/c1-2-9-18-17(13-7-10-19-11-8-13)15-12-21-16-6-4-3-5-14(16)20-15/h3-6,13,15,17-18H,2,7-12H2,1H3. The number of fused-ring (bicyclic) bond motifs is 1. The summed E-state index contributed by atoms with van der Waals surface area (Å²) in [6.45, 7) is 5.07. The molecule has 2 unspecified atom stereocenters. The third kappa shape index (κ3) is 3.74. The zero-order valence-electron chi connectivity index (χ0n) is 12.7. The number of para-hydroxylation sites is 1. The lowest BCUT2D eigenvalue weighted by atomic mass is 9.88. The van der Waals surface area contributed by atoms with E-state index in [1.54, 1.807) is 0 Å². The summed E-state index contributed by atoms with van der Waals surface area (Å²) in [6.07, 6.45) is 3.72. The van der Waals surface area contributed by atoms with Crippen molar-refractivity contribution >= 4 is 11.8 Å². The first-order valence-electron chi connectivity index (χ1n) is 8.08. The Hall–Kier alpha value is -0.710. The van der Waals surface area contributed by atoms with Crippen molar-refractivity contribution in [1.29, 1.82) is 0 Å². The Kier molecular flexibility index (Phi) is 5.44. The Morgan fingerprint density at radius 2 is 2.10 bits per heavy atom. The molecule has 2 atom stereocenters. The average molecular weight is 307 g/mol. The zero-order chi connectivity index (χ0) is 14.5. The molecule has 116 valence electrons. The highest BCUT2D eigenvalue weighted by Gasteiger charge is 2.34. The van der Waals surface area contributed by atoms with Crippen LogP contribution in [0.1, 0.15) is 26.2 Å². The molecule has 1 fully saturated rings. The Morgan fingerprint density at radius 3 is 2.90 bits per heavy atom. The van der Waals surface area contributed by atoms with E-state index in [0.29, 0.717) is 12.0 Å². The van der Waals surface area contributed by atoms with Gasteiger partial charge in [0.2, 0.25) is 0 Å². The van der Waals surface area contributed by atoms with Crippen molar-refractivity contribution in [3.05, 3.63) is 24.3 Å². The number of rotatable bonds is 5. The van der Waals surface area contributed by atoms with Gasteiger partial charge in [-0.2, -0.15) is 0 Å². The van der Waals surface area contributed by atoms with E-state index >= 15 is 0 Å². The smallest absolute Gasteiger partial charge is 0.133 e. The molecule has 0 saturated carbocycles. The number of benzene rings is 1. The predicted molar refractivity (Wildman–Crippen MR) is 87.2 cm³/mol. The highest BCUT2D eigenvalue weighted by Crippen LogP contribution is 2.37. The molecule has 3 nitrogen and oxygen atoms in total. The monoisotopic (exact) mass is 307 g/mol. The zero-order valence-corrected chi connectivity index (χ0v) is 13.5. The molecule has 3 rings (SSSR count). The Morgan fingerprint density at radius 1 is 1.29 bits per heavy atom. The van der Waals surface area contributed by atoms with Crippen molar-refractivity contribution in [3.63, 3.8) is 0 Å². The fourth-order valence-electron chi connectivity index (χ4n) is 3.20. The van der Waals surface area contributed by atoms with Crippen LogP contribution in [0, 0.1) is 5.92 Å². The molecule has 1 saturated heterocycles. The quantitative estimate of drug-likeness (QED) is 0.904. The first-order chi connectivity index (χ1) is 10.4. The van der Waals surface area contributed by atoms with Gasteiger partial charge in [0.1, 0.15) is 11.9 Å². The summed E-state index contributed by atoms with van der Waals surface area (Å²) in [5.41, 5.74) is 0. The maximum Gasteiger partial charge on any atom is 0.133 e. The summed E-state index contributed by atoms with van der Waals surface area (Å²) in [7, 11) is 0. The summed E-state index contributed by atoms with van der Waals surface area (Å²) < 4.78 is 11.8. The van der Waals surface area contributed by atoms with Gasteiger partial charge in [0.25, 0.3) is 0 Å². The minimum Gasteiger partial charge on any atom is -0.487 e. The lowest BCUT2D eigenvalue weighted by Gasteiger charge is -2.38. The molecule has 4 heteroatoms. The van der Waals surface area contributed by atoms with E-state index in [2.05, 4.69) is 36.5 Å². The SMILES string of the molecule is CCCNC(C1CCOCC1)C1CSc2ccccc2O1. The van der Waals surface area contributed by atoms with Gasteiger partial charge < -0.3 is 14.8 Å². The molecule has 0 amide bonds. The van der Waals surface area contributed by atoms with Crippen LogP contribution in [0.3, 0.4) is 0 Å². The maximum absolute atomic E-state index is 6.32. The van der Waals surface area contributed by atoms with Gasteiger partial charge in [0.15, 0.2) is 0 Å². The van der Waals surface area contributed by atoms with Crippen molar-refractivity contribution in [2.24, 2.45) is 5.92 Å². The van der Waals surface area contributed by atoms with Gasteiger partial charge in [0, 0.05) is 29.9 Å². The van der Waals surface area contributed by atoms with Crippen molar-refractivity contribution in [2.45, 2.75) is 43.2 Å². The van der Waals surface area contributed by atoms with Gasteiger partial charge in [-0.1, -0.05) is 19.1 Å². The summed E-state index contributed by atoms with van der Waals surface area (Å²) >= 11 is 1.93. The highest BCUT2D eigenvalue weighted by molar-refractivity contribution is 7.99. The number of nitrogens with one attached hydrogen (secondary N) is 1. The largest absolute Gasteiger partial charge is 0.487 e. The molecule has 2 aliphatic heterocycles. The van der Waals surface area contributed by atoms with Crippen molar-refractivity contribution in [1.82, 2.24) is 5.32 Å². The molecule has 2 aliphatic rings. The summed E-state index contributed by atoms with van der Waals surface area (Å²) in [5, 5.41) is 3.75. The summed E-state index contributed by atoms with van der Waals surface area (Å²) in [4.78, 5) is 1.27. The molecular formula is C17H25NO2S. The molecule has 0 radical (unpaired) electrons. The van der Waals surface area contributed by atoms with Crippen LogP contribution in [0.15, 0.2) is 29.2 Å². The first-order valence-corrected chi connectivity index (χ1v) is 9.06. The van der Waals surface area contributed by atoms with Crippen LogP contribution in [-0.4, -0.2) is 37.7 Å². The van der Waals surface area contributed by atoms with E-state index in [9.17, 15) is 0 Å². The number of thioether (sulfide) groups is 1. The lowest BCUT2D eigenvalue weighted by Crippen LogP contribution is -2.51. The van der Waals surface area contributed by atoms with Crippen molar-refractivity contribution in [3.8, 4) is 5.75 Å². The molecule has 0 aliphatic carbocycles. The second kappa shape index (κ2) is 7.52. The Labute approximate surface area is 131 Å². The Bertz CT molecular complexity index is 448. The second-order valence-electron chi connectivity index (χ2n) is 5.84. The average Bonchev–Trinajstić information content (AvgIpc) is 2.56. The van der Waals surface area contributed by atoms with Crippen LogP contribution in [0.2, 0.25) is 0 Å². The van der Waals surface area contributed by atoms with Crippen molar-refractivity contribution in [2.75, 3.05) is 25.5 Å². The third-order valence-corrected chi connectivity index (χ3v) is 5.48. The summed E-state index contributed by atoms with van der Waals surface area (Å²) in [6, 6.07) is 8.83. The van der Waals surface area contributed by atoms with Crippen molar-refractivity contribution < 1.29 is 9.47 Å². The molecule has 0 bridgehead atoms. The van der Waals surface area contributed by atoms with E-state index in [-0.39, 0.29) is 6.10 Å². The molecule has 1 N–H and O–H groups in total. The van der Waals surface area contributed by atoms with Gasteiger partial charge in [-0.3, -0.25) is 0 Å². The molecule has 1 aromatic carbocycles. The van der Waals surface area contributed by atoms with E-state index in [1.807, 2.05) is 11.8 Å². The lowest BCUT2D eigenvalue weighted by molar-refractivity contribution is 0.0314. The van der Waals surface area contributed by atoms with Gasteiger partial charge in [0.05, 0.1) is 0 Å². The van der Waals surface area contributed by atoms with Gasteiger partial charge >= 0.3 is 0 Å². The minimum atomic E-state index is 0.263. The number of hydrogen-bond acceptors (Lipinski definition) is 4. The minimum absolute atomic E-state index is 0.263. The van der Waals surface area contributed by atoms with Crippen LogP contribution < -0.4 is 10.1 Å². The number of hydrogen-bond donors (Lipinski definition) is 1. The van der Waals surface area contributed by atoms with Crippen LogP contribution in [-0.2, 0) is 4.74 Å². The second-order valence-corrected chi connectivity index (χ2v) is 6.91. The molecule has 0 aromatic heterocycles. The number of ether oxygens (including phenoxy) is 2. The predicted octanol–water partition coefficient (Wildman–Crippen LogP) is 3.33. The van der Waals surface area contributed by atoms with E-state index in [4.69, 9.17) is 9.47 Å². The third-order valence-electron chi connectivity index (χ3n) is 4.34. The van der Waals surface area contributed by atoms with Crippen LogP contribution in [0.4, 0.5) is 0 Å². The molecule has 1 aromatic rings.